The number of halogens is 3. The average molecular weight is 467 g/mol. The average Bonchev–Trinajstić information content (AvgIpc) is 3.31. The minimum Gasteiger partial charge on any atom is -0.461 e. The van der Waals surface area contributed by atoms with E-state index < -0.39 is 12.0 Å². The van der Waals surface area contributed by atoms with Crippen LogP contribution < -0.4 is 15.0 Å². The molecule has 2 aromatic rings. The van der Waals surface area contributed by atoms with Gasteiger partial charge in [-0.05, 0) is 46.2 Å². The lowest BCUT2D eigenvalue weighted by atomic mass is 9.95. The number of aromatic nitrogens is 3. The lowest BCUT2D eigenvalue weighted by Crippen LogP contribution is -2.45. The van der Waals surface area contributed by atoms with Crippen molar-refractivity contribution in [1.82, 2.24) is 25.2 Å². The number of piperidine rings is 1. The summed E-state index contributed by atoms with van der Waals surface area (Å²) >= 11 is 6.04. The molecule has 7 nitrogen and oxygen atoms in total. The largest absolute Gasteiger partial charge is 0.461 e. The molecular formula is C22H29ClF2N6O. The third-order valence-electron chi connectivity index (χ3n) is 7.25. The summed E-state index contributed by atoms with van der Waals surface area (Å²) in [6.45, 7) is 4.94. The van der Waals surface area contributed by atoms with E-state index in [-0.39, 0.29) is 28.8 Å². The van der Waals surface area contributed by atoms with Crippen LogP contribution in [0.25, 0.3) is 10.9 Å². The molecule has 0 bridgehead atoms. The Morgan fingerprint density at radius 3 is 2.88 bits per heavy atom. The number of alkyl halides is 1. The Morgan fingerprint density at radius 1 is 1.22 bits per heavy atom. The van der Waals surface area contributed by atoms with Crippen LogP contribution in [0.3, 0.4) is 0 Å². The van der Waals surface area contributed by atoms with Gasteiger partial charge in [0, 0.05) is 32.1 Å². The molecule has 3 aliphatic heterocycles. The van der Waals surface area contributed by atoms with Crippen LogP contribution in [0.2, 0.25) is 5.15 Å². The quantitative estimate of drug-likeness (QED) is 0.678. The van der Waals surface area contributed by atoms with Crippen LogP contribution in [0.1, 0.15) is 37.8 Å². The lowest BCUT2D eigenvalue weighted by Gasteiger charge is -2.34. The Balaban J connectivity index is 1.53. The molecule has 32 heavy (non-hydrogen) atoms. The molecule has 3 atom stereocenters. The van der Waals surface area contributed by atoms with Gasteiger partial charge in [-0.25, -0.2) is 13.8 Å². The topological polar surface area (TPSA) is 66.4 Å². The predicted molar refractivity (Wildman–Crippen MR) is 120 cm³/mol. The number of fused-ring (bicyclic) bond motifs is 2. The molecule has 5 rings (SSSR count). The molecule has 0 aromatic carbocycles. The van der Waals surface area contributed by atoms with Gasteiger partial charge in [-0.1, -0.05) is 11.6 Å². The Labute approximate surface area is 191 Å². The van der Waals surface area contributed by atoms with Crippen LogP contribution in [-0.4, -0.2) is 77.4 Å². The highest BCUT2D eigenvalue weighted by molar-refractivity contribution is 6.30. The summed E-state index contributed by atoms with van der Waals surface area (Å²) < 4.78 is 35.2. The van der Waals surface area contributed by atoms with Crippen LogP contribution in [0.5, 0.6) is 6.01 Å². The maximum atomic E-state index is 15.0. The number of likely N-dealkylation sites (N-methyl/N-ethyl adjacent to an activating group) is 1. The number of pyridine rings is 1. The summed E-state index contributed by atoms with van der Waals surface area (Å²) in [7, 11) is 1.94. The van der Waals surface area contributed by atoms with E-state index in [1.165, 1.54) is 0 Å². The number of anilines is 1. The Bertz CT molecular complexity index is 1030. The monoisotopic (exact) mass is 466 g/mol. The number of nitrogens with zero attached hydrogens (tertiary/aromatic N) is 5. The highest BCUT2D eigenvalue weighted by atomic mass is 35.5. The zero-order valence-electron chi connectivity index (χ0n) is 18.5. The zero-order valence-corrected chi connectivity index (χ0v) is 19.3. The highest BCUT2D eigenvalue weighted by Gasteiger charge is 2.49. The van der Waals surface area contributed by atoms with E-state index in [1.54, 1.807) is 6.92 Å². The molecule has 2 aromatic heterocycles. The molecule has 1 unspecified atom stereocenters. The summed E-state index contributed by atoms with van der Waals surface area (Å²) in [6, 6.07) is 0.414. The van der Waals surface area contributed by atoms with Crippen LogP contribution >= 0.6 is 11.6 Å². The smallest absolute Gasteiger partial charge is 0.319 e. The molecular weight excluding hydrogens is 438 g/mol. The van der Waals surface area contributed by atoms with Gasteiger partial charge in [0.25, 0.3) is 0 Å². The summed E-state index contributed by atoms with van der Waals surface area (Å²) in [5, 5.41) is 3.67. The summed E-state index contributed by atoms with van der Waals surface area (Å²) in [5.74, 6) is -0.0608. The van der Waals surface area contributed by atoms with Crippen molar-refractivity contribution in [2.24, 2.45) is 0 Å². The van der Waals surface area contributed by atoms with Crippen molar-refractivity contribution in [2.75, 3.05) is 44.7 Å². The second-order valence-electron chi connectivity index (χ2n) is 9.29. The molecule has 0 saturated carbocycles. The van der Waals surface area contributed by atoms with Crippen LogP contribution in [0.15, 0.2) is 0 Å². The molecule has 0 spiro atoms. The lowest BCUT2D eigenvalue weighted by molar-refractivity contribution is 0.107. The molecule has 3 saturated heterocycles. The number of hydrogen-bond acceptors (Lipinski definition) is 7. The van der Waals surface area contributed by atoms with Gasteiger partial charge in [-0.15, -0.1) is 0 Å². The Hall–Kier alpha value is -1.84. The van der Waals surface area contributed by atoms with E-state index in [0.717, 1.165) is 45.3 Å². The number of ether oxygens (including phenoxy) is 1. The molecule has 1 N–H and O–H groups in total. The maximum Gasteiger partial charge on any atom is 0.319 e. The van der Waals surface area contributed by atoms with Gasteiger partial charge in [0.15, 0.2) is 11.0 Å². The summed E-state index contributed by atoms with van der Waals surface area (Å²) in [4.78, 5) is 17.6. The fraction of sp³-hybridized carbons (Fsp3) is 0.682. The van der Waals surface area contributed by atoms with Gasteiger partial charge in [0.05, 0.1) is 16.6 Å². The fourth-order valence-corrected chi connectivity index (χ4v) is 5.83. The van der Waals surface area contributed by atoms with Crippen molar-refractivity contribution in [3.8, 4) is 6.01 Å². The zero-order chi connectivity index (χ0) is 22.5. The second kappa shape index (κ2) is 8.50. The third-order valence-corrected chi connectivity index (χ3v) is 7.50. The predicted octanol–water partition coefficient (Wildman–Crippen LogP) is 3.27. The van der Waals surface area contributed by atoms with Crippen molar-refractivity contribution >= 4 is 28.3 Å². The van der Waals surface area contributed by atoms with E-state index in [4.69, 9.17) is 21.3 Å². The van der Waals surface area contributed by atoms with Crippen LogP contribution in [-0.2, 0) is 0 Å². The van der Waals surface area contributed by atoms with E-state index in [0.29, 0.717) is 35.9 Å². The van der Waals surface area contributed by atoms with E-state index in [9.17, 15) is 4.39 Å². The minimum absolute atomic E-state index is 0.100. The number of aryl methyl sites for hydroxylation is 1. The first kappa shape index (κ1) is 22.0. The molecule has 3 aliphatic rings. The number of hydrogen-bond donors (Lipinski definition) is 1. The van der Waals surface area contributed by atoms with Gasteiger partial charge in [-0.2, -0.15) is 9.97 Å². The normalized spacial score (nSPS) is 28.5. The second-order valence-corrected chi connectivity index (χ2v) is 9.65. The van der Waals surface area contributed by atoms with Crippen molar-refractivity contribution in [3.05, 3.63) is 16.7 Å². The van der Waals surface area contributed by atoms with E-state index in [2.05, 4.69) is 25.1 Å². The Morgan fingerprint density at radius 2 is 2.06 bits per heavy atom. The standard InChI is InChI=1S/C22H29ClF2N6O/c1-13-16-18(17(25)19(23)27-13)28-21(29-20(16)30-7-3-5-15(11-30)26-2)32-12-22-6-4-8-31(22)10-14(24)9-22/h14-15,26H,3-12H2,1-2H3/t14-,15?,22+/m1/s1. The highest BCUT2D eigenvalue weighted by Crippen LogP contribution is 2.41. The van der Waals surface area contributed by atoms with Crippen molar-refractivity contribution in [3.63, 3.8) is 0 Å². The maximum absolute atomic E-state index is 15.0. The first-order valence-electron chi connectivity index (χ1n) is 11.4. The van der Waals surface area contributed by atoms with Crippen LogP contribution in [0, 0.1) is 12.7 Å². The molecule has 0 radical (unpaired) electrons. The summed E-state index contributed by atoms with van der Waals surface area (Å²) in [6.07, 6.45) is 3.57. The van der Waals surface area contributed by atoms with Gasteiger partial charge in [-0.3, -0.25) is 4.90 Å². The van der Waals surface area contributed by atoms with Crippen molar-refractivity contribution in [2.45, 2.75) is 56.8 Å². The molecule has 3 fully saturated rings. The van der Waals surface area contributed by atoms with E-state index in [1.807, 2.05) is 7.05 Å². The van der Waals surface area contributed by atoms with E-state index >= 15 is 4.39 Å². The summed E-state index contributed by atoms with van der Waals surface area (Å²) in [5.41, 5.74) is 0.366. The minimum atomic E-state index is -0.844. The fourth-order valence-electron chi connectivity index (χ4n) is 5.62. The SMILES string of the molecule is CNC1CCCN(c2nc(OC[C@@]34CCCN3C[C@H](F)C4)nc3c(F)c(Cl)nc(C)c23)C1. The van der Waals surface area contributed by atoms with Gasteiger partial charge < -0.3 is 15.0 Å². The van der Waals surface area contributed by atoms with Crippen LogP contribution in [0.4, 0.5) is 14.6 Å². The molecule has 5 heterocycles. The van der Waals surface area contributed by atoms with Gasteiger partial charge >= 0.3 is 6.01 Å². The first-order chi connectivity index (χ1) is 15.4. The molecule has 174 valence electrons. The third kappa shape index (κ3) is 3.78. The molecule has 10 heteroatoms. The molecule has 0 amide bonds. The first-order valence-corrected chi connectivity index (χ1v) is 11.8. The van der Waals surface area contributed by atoms with Crippen molar-refractivity contribution in [1.29, 1.82) is 0 Å². The number of nitrogens with one attached hydrogen (secondary N) is 1. The van der Waals surface area contributed by atoms with Gasteiger partial charge in [0.2, 0.25) is 0 Å². The van der Waals surface area contributed by atoms with Crippen molar-refractivity contribution < 1.29 is 13.5 Å². The Kier molecular flexibility index (Phi) is 5.84. The van der Waals surface area contributed by atoms with Gasteiger partial charge in [0.1, 0.15) is 24.1 Å². The molecule has 0 aliphatic carbocycles. The number of rotatable bonds is 5.